The van der Waals surface area contributed by atoms with E-state index in [0.29, 0.717) is 24.2 Å². The van der Waals surface area contributed by atoms with Gasteiger partial charge < -0.3 is 20.1 Å². The molecule has 0 aromatic carbocycles. The maximum absolute atomic E-state index is 12.5. The van der Waals surface area contributed by atoms with Crippen LogP contribution >= 0.6 is 0 Å². The lowest BCUT2D eigenvalue weighted by Gasteiger charge is -2.28. The molecule has 1 fully saturated rings. The van der Waals surface area contributed by atoms with Crippen LogP contribution in [-0.4, -0.2) is 59.2 Å². The van der Waals surface area contributed by atoms with Gasteiger partial charge in [0.15, 0.2) is 0 Å². The largest absolute Gasteiger partial charge is 0.388 e. The molecule has 0 unspecified atom stereocenters. The molecule has 1 aromatic heterocycles. The fourth-order valence-corrected chi connectivity index (χ4v) is 2.77. The smallest absolute Gasteiger partial charge is 0.254 e. The number of carbonyl (C=O) groups is 2. The maximum Gasteiger partial charge on any atom is 0.254 e. The van der Waals surface area contributed by atoms with Crippen LogP contribution in [0.2, 0.25) is 0 Å². The molecular formula is C15H21N3O4. The first-order valence-electron chi connectivity index (χ1n) is 7.15. The number of methoxy groups -OCH3 is 1. The van der Waals surface area contributed by atoms with Crippen LogP contribution in [0.4, 0.5) is 5.82 Å². The Balaban J connectivity index is 2.12. The number of aliphatic hydroxyl groups is 1. The third kappa shape index (κ3) is 3.42. The summed E-state index contributed by atoms with van der Waals surface area (Å²) in [6, 6.07) is 2.82. The van der Waals surface area contributed by atoms with Crippen molar-refractivity contribution >= 4 is 17.6 Å². The van der Waals surface area contributed by atoms with Crippen LogP contribution in [0.15, 0.2) is 18.3 Å². The van der Waals surface area contributed by atoms with E-state index in [4.69, 9.17) is 4.74 Å². The number of rotatable bonds is 4. The molecule has 2 N–H and O–H groups in total. The molecule has 1 aliphatic rings. The molecule has 7 heteroatoms. The van der Waals surface area contributed by atoms with Crippen LogP contribution in [0.3, 0.4) is 0 Å². The highest BCUT2D eigenvalue weighted by Gasteiger charge is 2.39. The molecule has 2 rings (SSSR count). The van der Waals surface area contributed by atoms with E-state index in [-0.39, 0.29) is 24.0 Å². The standard InChI is InChI=1S/C15H21N3O4/c1-9(19)17-13-8-10(6-7-16-13)15(21)18(2)11-4-5-12(22-3)14(11)20/h6-8,11-12,14,20H,4-5H2,1-3H3,(H,16,17,19)/t11-,12-,14-/m1/s1. The average Bonchev–Trinajstić information content (AvgIpc) is 2.86. The van der Waals surface area contributed by atoms with E-state index in [1.807, 2.05) is 0 Å². The minimum atomic E-state index is -0.699. The lowest BCUT2D eigenvalue weighted by Crippen LogP contribution is -2.44. The second-order valence-corrected chi connectivity index (χ2v) is 5.44. The molecule has 2 amide bonds. The van der Waals surface area contributed by atoms with Gasteiger partial charge in [-0.15, -0.1) is 0 Å². The predicted molar refractivity (Wildman–Crippen MR) is 80.5 cm³/mol. The van der Waals surface area contributed by atoms with Crippen LogP contribution in [-0.2, 0) is 9.53 Å². The van der Waals surface area contributed by atoms with Gasteiger partial charge in [0.1, 0.15) is 11.9 Å². The number of likely N-dealkylation sites (N-methyl/N-ethyl adjacent to an activating group) is 1. The zero-order valence-electron chi connectivity index (χ0n) is 12.9. The van der Waals surface area contributed by atoms with Gasteiger partial charge in [-0.25, -0.2) is 4.98 Å². The Morgan fingerprint density at radius 1 is 1.45 bits per heavy atom. The number of hydrogen-bond donors (Lipinski definition) is 2. The van der Waals surface area contributed by atoms with Crippen molar-refractivity contribution in [1.82, 2.24) is 9.88 Å². The number of anilines is 1. The van der Waals surface area contributed by atoms with E-state index in [9.17, 15) is 14.7 Å². The molecule has 3 atom stereocenters. The summed E-state index contributed by atoms with van der Waals surface area (Å²) in [6.45, 7) is 1.38. The number of carbonyl (C=O) groups excluding carboxylic acids is 2. The Bertz CT molecular complexity index is 563. The van der Waals surface area contributed by atoms with Crippen LogP contribution < -0.4 is 5.32 Å². The topological polar surface area (TPSA) is 91.8 Å². The van der Waals surface area contributed by atoms with Crippen molar-refractivity contribution in [3.05, 3.63) is 23.9 Å². The van der Waals surface area contributed by atoms with Gasteiger partial charge in [-0.3, -0.25) is 9.59 Å². The molecule has 0 saturated heterocycles. The predicted octanol–water partition coefficient (Wildman–Crippen LogP) is 0.650. The molecule has 1 aromatic rings. The fourth-order valence-electron chi connectivity index (χ4n) is 2.77. The summed E-state index contributed by atoms with van der Waals surface area (Å²) < 4.78 is 5.21. The van der Waals surface area contributed by atoms with Gasteiger partial charge in [0.25, 0.3) is 5.91 Å². The van der Waals surface area contributed by atoms with E-state index >= 15 is 0 Å². The van der Waals surface area contributed by atoms with Crippen LogP contribution in [0.25, 0.3) is 0 Å². The van der Waals surface area contributed by atoms with E-state index in [1.54, 1.807) is 20.2 Å². The number of amides is 2. The fraction of sp³-hybridized carbons (Fsp3) is 0.533. The van der Waals surface area contributed by atoms with Crippen molar-refractivity contribution in [2.45, 2.75) is 38.0 Å². The van der Waals surface area contributed by atoms with E-state index in [2.05, 4.69) is 10.3 Å². The summed E-state index contributed by atoms with van der Waals surface area (Å²) >= 11 is 0. The normalized spacial score (nSPS) is 24.1. The first-order chi connectivity index (χ1) is 10.4. The van der Waals surface area contributed by atoms with Crippen molar-refractivity contribution in [1.29, 1.82) is 0 Å². The molecule has 7 nitrogen and oxygen atoms in total. The number of nitrogens with one attached hydrogen (secondary N) is 1. The van der Waals surface area contributed by atoms with Crippen molar-refractivity contribution in [3.63, 3.8) is 0 Å². The molecule has 1 saturated carbocycles. The van der Waals surface area contributed by atoms with E-state index < -0.39 is 6.10 Å². The van der Waals surface area contributed by atoms with Gasteiger partial charge in [-0.1, -0.05) is 0 Å². The first-order valence-corrected chi connectivity index (χ1v) is 7.15. The summed E-state index contributed by atoms with van der Waals surface area (Å²) in [7, 11) is 3.22. The van der Waals surface area contributed by atoms with Gasteiger partial charge >= 0.3 is 0 Å². The Morgan fingerprint density at radius 3 is 2.77 bits per heavy atom. The zero-order chi connectivity index (χ0) is 16.3. The van der Waals surface area contributed by atoms with Gasteiger partial charge in [0.2, 0.25) is 5.91 Å². The summed E-state index contributed by atoms with van der Waals surface area (Å²) in [6.07, 6.45) is 1.93. The highest BCUT2D eigenvalue weighted by molar-refractivity contribution is 5.96. The number of aliphatic hydroxyl groups excluding tert-OH is 1. The highest BCUT2D eigenvalue weighted by atomic mass is 16.5. The number of hydrogen-bond acceptors (Lipinski definition) is 5. The van der Waals surface area contributed by atoms with Crippen molar-refractivity contribution in [2.75, 3.05) is 19.5 Å². The molecule has 1 heterocycles. The number of nitrogens with zero attached hydrogens (tertiary/aromatic N) is 2. The Hall–Kier alpha value is -1.99. The SMILES string of the molecule is CO[C@@H]1CC[C@@H](N(C)C(=O)c2ccnc(NC(C)=O)c2)[C@H]1O. The molecule has 0 bridgehead atoms. The Morgan fingerprint density at radius 2 is 2.18 bits per heavy atom. The highest BCUT2D eigenvalue weighted by Crippen LogP contribution is 2.27. The second kappa shape index (κ2) is 6.85. The second-order valence-electron chi connectivity index (χ2n) is 5.44. The molecule has 0 aliphatic heterocycles. The van der Waals surface area contributed by atoms with Crippen LogP contribution in [0, 0.1) is 0 Å². The van der Waals surface area contributed by atoms with E-state index in [0.717, 1.165) is 0 Å². The molecule has 1 aliphatic carbocycles. The van der Waals surface area contributed by atoms with Crippen molar-refractivity contribution in [3.8, 4) is 0 Å². The van der Waals surface area contributed by atoms with Crippen molar-refractivity contribution in [2.24, 2.45) is 0 Å². The minimum absolute atomic E-state index is 0.227. The van der Waals surface area contributed by atoms with Gasteiger partial charge in [-0.2, -0.15) is 0 Å². The zero-order valence-corrected chi connectivity index (χ0v) is 12.9. The minimum Gasteiger partial charge on any atom is -0.388 e. The Kier molecular flexibility index (Phi) is 5.10. The maximum atomic E-state index is 12.5. The number of ether oxygens (including phenoxy) is 1. The van der Waals surface area contributed by atoms with Gasteiger partial charge in [-0.05, 0) is 25.0 Å². The van der Waals surface area contributed by atoms with Gasteiger partial charge in [0, 0.05) is 32.8 Å². The Labute approximate surface area is 129 Å². The molecule has 0 radical (unpaired) electrons. The first kappa shape index (κ1) is 16.4. The van der Waals surface area contributed by atoms with Crippen LogP contribution in [0.5, 0.6) is 0 Å². The molecule has 22 heavy (non-hydrogen) atoms. The third-order valence-corrected chi connectivity index (χ3v) is 3.95. The quantitative estimate of drug-likeness (QED) is 0.852. The average molecular weight is 307 g/mol. The monoisotopic (exact) mass is 307 g/mol. The molecule has 120 valence electrons. The third-order valence-electron chi connectivity index (χ3n) is 3.95. The lowest BCUT2D eigenvalue weighted by molar-refractivity contribution is -0.114. The summed E-state index contributed by atoms with van der Waals surface area (Å²) in [5, 5.41) is 12.7. The summed E-state index contributed by atoms with van der Waals surface area (Å²) in [5.74, 6) is -0.150. The number of pyridine rings is 1. The van der Waals surface area contributed by atoms with E-state index in [1.165, 1.54) is 24.1 Å². The van der Waals surface area contributed by atoms with Gasteiger partial charge in [0.05, 0.1) is 12.1 Å². The summed E-state index contributed by atoms with van der Waals surface area (Å²) in [5.41, 5.74) is 0.411. The summed E-state index contributed by atoms with van der Waals surface area (Å²) in [4.78, 5) is 29.1. The van der Waals surface area contributed by atoms with Crippen molar-refractivity contribution < 1.29 is 19.4 Å². The van der Waals surface area contributed by atoms with Crippen LogP contribution in [0.1, 0.15) is 30.1 Å². The molecular weight excluding hydrogens is 286 g/mol. The number of aromatic nitrogens is 1. The molecule has 0 spiro atoms. The lowest BCUT2D eigenvalue weighted by atomic mass is 10.1.